The zero-order valence-corrected chi connectivity index (χ0v) is 43.6. The molecule has 3 aliphatic heterocycles. The highest BCUT2D eigenvalue weighted by Gasteiger charge is 2.16. The van der Waals surface area contributed by atoms with E-state index in [4.69, 9.17) is 20.6 Å². The first-order chi connectivity index (χ1) is 35.8. The molecule has 6 aromatic heterocycles. The fourth-order valence-electron chi connectivity index (χ4n) is 8.05. The first kappa shape index (κ1) is 54.9. The van der Waals surface area contributed by atoms with E-state index in [9.17, 15) is 14.4 Å². The van der Waals surface area contributed by atoms with Crippen molar-refractivity contribution in [3.63, 3.8) is 0 Å². The minimum absolute atomic E-state index is 0. The highest BCUT2D eigenvalue weighted by atomic mass is 79.9. The number of hydrogen-bond acceptors (Lipinski definition) is 12. The van der Waals surface area contributed by atoms with Crippen molar-refractivity contribution in [3.8, 4) is 36.0 Å². The molecule has 18 heteroatoms. The van der Waals surface area contributed by atoms with Crippen molar-refractivity contribution in [3.05, 3.63) is 209 Å². The Bertz CT molecular complexity index is 3640. The summed E-state index contributed by atoms with van der Waals surface area (Å²) in [4.78, 5) is 63.6. The van der Waals surface area contributed by atoms with Gasteiger partial charge in [0.25, 0.3) is 16.7 Å². The predicted octanol–water partition coefficient (Wildman–Crippen LogP) is 7.17. The van der Waals surface area contributed by atoms with Gasteiger partial charge in [0.1, 0.15) is 34.6 Å². The molecule has 0 fully saturated rings. The third-order valence-electron chi connectivity index (χ3n) is 11.7. The van der Waals surface area contributed by atoms with Gasteiger partial charge in [-0.3, -0.25) is 28.1 Å². The van der Waals surface area contributed by atoms with Crippen molar-refractivity contribution in [2.75, 3.05) is 39.6 Å². The lowest BCUT2D eigenvalue weighted by atomic mass is 10.1. The van der Waals surface area contributed by atoms with E-state index in [1.807, 2.05) is 91.0 Å². The Morgan fingerprint density at radius 1 is 0.453 bits per heavy atom. The summed E-state index contributed by atoms with van der Waals surface area (Å²) in [5.41, 5.74) is 5.86. The molecular weight excluding hydrogens is 1060 g/mol. The molecule has 0 atom stereocenters. The van der Waals surface area contributed by atoms with Crippen LogP contribution >= 0.6 is 40.7 Å². The number of terminal acetylenes is 1. The molecule has 9 aromatic rings. The molecule has 9 heterocycles. The first-order valence-corrected chi connectivity index (χ1v) is 24.3. The average Bonchev–Trinajstić information content (AvgIpc) is 3.94. The van der Waals surface area contributed by atoms with Crippen LogP contribution in [0.25, 0.3) is 32.7 Å². The van der Waals surface area contributed by atoms with Crippen LogP contribution < -0.4 is 16.7 Å². The number of fused-ring (bicyclic) bond motifs is 6. The van der Waals surface area contributed by atoms with E-state index in [1.54, 1.807) is 50.5 Å². The molecule has 3 aliphatic rings. The number of pyridine rings is 3. The van der Waals surface area contributed by atoms with E-state index >= 15 is 0 Å². The van der Waals surface area contributed by atoms with Gasteiger partial charge in [-0.1, -0.05) is 51.9 Å². The monoisotopic (exact) mass is 1100 g/mol. The van der Waals surface area contributed by atoms with Gasteiger partial charge in [0.15, 0.2) is 0 Å². The molecule has 12 rings (SSSR count). The number of ether oxygens (including phenoxy) is 3. The molecule has 0 bridgehead atoms. The van der Waals surface area contributed by atoms with Crippen LogP contribution in [0, 0.1) is 36.0 Å². The Morgan fingerprint density at radius 3 is 1.19 bits per heavy atom. The van der Waals surface area contributed by atoms with Crippen molar-refractivity contribution in [1.82, 2.24) is 43.6 Å². The van der Waals surface area contributed by atoms with Crippen LogP contribution in [0.4, 0.5) is 0 Å². The summed E-state index contributed by atoms with van der Waals surface area (Å²) in [5, 5.41) is 1.90. The summed E-state index contributed by atoms with van der Waals surface area (Å²) in [6.07, 6.45) is 12.1. The maximum absolute atomic E-state index is 12.6. The van der Waals surface area contributed by atoms with Gasteiger partial charge in [-0.05, 0) is 103 Å². The highest BCUT2D eigenvalue weighted by Crippen LogP contribution is 2.18. The van der Waals surface area contributed by atoms with Crippen molar-refractivity contribution < 1.29 is 14.2 Å². The van der Waals surface area contributed by atoms with Gasteiger partial charge in [-0.15, -0.1) is 31.2 Å². The standard InChI is InChI=1S/2C19H15N3O2.C12H11BrN2O2.C7H5N.2ClH/c2*23-19-16-7-5-14(4-6-15-3-1-2-9-20-15)13-17(16)21-18-8-11-24-12-10-22(18)19;13-8-1-2-9-10(7-8)14-11-3-5-17-6-4-15(11)12(9)16;1-2-7-5-3-4-6-8-7;;/h2*1-3,5,7,9,13H,8,10-12H2;1-2,7H,3-6H2;1,3-6H;2*1H. The van der Waals surface area contributed by atoms with Crippen LogP contribution in [0.2, 0.25) is 0 Å². The summed E-state index contributed by atoms with van der Waals surface area (Å²) < 4.78 is 22.4. The fraction of sp³-hybridized carbons (Fsp3) is 0.211. The van der Waals surface area contributed by atoms with Crippen LogP contribution in [0.15, 0.2) is 147 Å². The minimum atomic E-state index is -0.00950. The second-order valence-corrected chi connectivity index (χ2v) is 17.4. The second kappa shape index (κ2) is 26.9. The number of hydrogen-bond donors (Lipinski definition) is 0. The van der Waals surface area contributed by atoms with E-state index in [1.165, 1.54) is 0 Å². The van der Waals surface area contributed by atoms with Crippen LogP contribution in [-0.4, -0.2) is 83.2 Å². The van der Waals surface area contributed by atoms with E-state index in [-0.39, 0.29) is 41.5 Å². The van der Waals surface area contributed by atoms with Gasteiger partial charge in [-0.2, -0.15) is 0 Å². The second-order valence-electron chi connectivity index (χ2n) is 16.5. The van der Waals surface area contributed by atoms with E-state index in [2.05, 4.69) is 75.4 Å². The molecule has 0 saturated carbocycles. The third kappa shape index (κ3) is 14.1. The quantitative estimate of drug-likeness (QED) is 0.141. The summed E-state index contributed by atoms with van der Waals surface area (Å²) in [6.45, 7) is 5.20. The summed E-state index contributed by atoms with van der Waals surface area (Å²) in [5.74, 6) is 17.0. The molecule has 0 unspecified atom stereocenters. The van der Waals surface area contributed by atoms with Gasteiger partial charge in [0.2, 0.25) is 0 Å². The fourth-order valence-corrected chi connectivity index (χ4v) is 8.40. The Labute approximate surface area is 452 Å². The van der Waals surface area contributed by atoms with Crippen LogP contribution in [-0.2, 0) is 53.1 Å². The van der Waals surface area contributed by atoms with Gasteiger partial charge < -0.3 is 14.2 Å². The SMILES string of the molecule is C#Cc1ccccn1.Cl.Cl.O=c1c2ccc(Br)cc2nc2n1CCOCC2.O=c1c2ccc(C#Cc3ccccn3)cc2nc2n1CCOCC2.O=c1c2ccc(C#Cc3ccccn3)cc2nc2n1CCOCC2. The molecule has 3 aromatic carbocycles. The van der Waals surface area contributed by atoms with Crippen LogP contribution in [0.5, 0.6) is 0 Å². The lowest BCUT2D eigenvalue weighted by Crippen LogP contribution is -2.25. The molecule has 15 nitrogen and oxygen atoms in total. The van der Waals surface area contributed by atoms with Crippen LogP contribution in [0.3, 0.4) is 0 Å². The van der Waals surface area contributed by atoms with Crippen LogP contribution in [0.1, 0.15) is 45.7 Å². The smallest absolute Gasteiger partial charge is 0.261 e. The zero-order valence-electron chi connectivity index (χ0n) is 40.4. The molecule has 0 amide bonds. The number of rotatable bonds is 0. The lowest BCUT2D eigenvalue weighted by Gasteiger charge is -2.09. The minimum Gasteiger partial charge on any atom is -0.379 e. The first-order valence-electron chi connectivity index (χ1n) is 23.5. The molecule has 0 radical (unpaired) electrons. The van der Waals surface area contributed by atoms with Crippen molar-refractivity contribution >= 4 is 73.5 Å². The zero-order chi connectivity index (χ0) is 50.4. The lowest BCUT2D eigenvalue weighted by molar-refractivity contribution is 0.140. The molecule has 0 spiro atoms. The molecule has 0 aliphatic carbocycles. The highest BCUT2D eigenvalue weighted by molar-refractivity contribution is 9.10. The summed E-state index contributed by atoms with van der Waals surface area (Å²) in [7, 11) is 0. The molecule has 378 valence electrons. The van der Waals surface area contributed by atoms with Gasteiger partial charge in [0.05, 0.1) is 92.0 Å². The molecule has 0 N–H and O–H groups in total. The van der Waals surface area contributed by atoms with Crippen molar-refractivity contribution in [2.45, 2.75) is 38.9 Å². The normalized spacial score (nSPS) is 13.1. The van der Waals surface area contributed by atoms with E-state index in [0.29, 0.717) is 123 Å². The maximum atomic E-state index is 12.6. The molecule has 0 saturated heterocycles. The largest absolute Gasteiger partial charge is 0.379 e. The Balaban J connectivity index is 0.000000152. The summed E-state index contributed by atoms with van der Waals surface area (Å²) >= 11 is 3.39. The Kier molecular flexibility index (Phi) is 19.7. The topological polar surface area (TPSA) is 171 Å². The number of halogens is 3. The Morgan fingerprint density at radius 2 is 0.827 bits per heavy atom. The van der Waals surface area contributed by atoms with Gasteiger partial charge in [0, 0.05) is 53.5 Å². The van der Waals surface area contributed by atoms with Crippen molar-refractivity contribution in [1.29, 1.82) is 0 Å². The maximum Gasteiger partial charge on any atom is 0.261 e. The predicted molar refractivity (Wildman–Crippen MR) is 296 cm³/mol. The third-order valence-corrected chi connectivity index (χ3v) is 12.2. The van der Waals surface area contributed by atoms with E-state index < -0.39 is 0 Å². The van der Waals surface area contributed by atoms with Gasteiger partial charge >= 0.3 is 0 Å². The van der Waals surface area contributed by atoms with E-state index in [0.717, 1.165) is 38.6 Å². The number of benzene rings is 3. The molecular formula is C57H48BrCl2N9O6. The summed E-state index contributed by atoms with van der Waals surface area (Å²) in [6, 6.07) is 33.3. The van der Waals surface area contributed by atoms with Crippen molar-refractivity contribution in [2.24, 2.45) is 0 Å². The Hall–Kier alpha value is -7.85. The average molecular weight is 1110 g/mol. The number of nitrogens with zero attached hydrogens (tertiary/aromatic N) is 9. The number of aromatic nitrogens is 9. The molecule has 75 heavy (non-hydrogen) atoms. The van der Waals surface area contributed by atoms with Gasteiger partial charge in [-0.25, -0.2) is 29.9 Å².